The fraction of sp³-hybridized carbons (Fsp3) is 0.667. The van der Waals surface area contributed by atoms with E-state index in [1.165, 1.54) is 32.1 Å². The lowest BCUT2D eigenvalue weighted by atomic mass is 9.75. The van der Waals surface area contributed by atoms with Gasteiger partial charge < -0.3 is 14.5 Å². The molecule has 216 valence electrons. The number of hydrogen-bond donors (Lipinski definition) is 0. The van der Waals surface area contributed by atoms with Crippen LogP contribution in [-0.2, 0) is 4.74 Å². The molecule has 3 aliphatic heterocycles. The summed E-state index contributed by atoms with van der Waals surface area (Å²) in [5.74, 6) is 0.948. The van der Waals surface area contributed by atoms with Crippen LogP contribution in [0.2, 0.25) is 0 Å². The zero-order valence-corrected chi connectivity index (χ0v) is 24.4. The Morgan fingerprint density at radius 2 is 1.73 bits per heavy atom. The molecule has 3 heterocycles. The van der Waals surface area contributed by atoms with Crippen molar-refractivity contribution in [2.45, 2.75) is 89.7 Å². The van der Waals surface area contributed by atoms with Crippen LogP contribution in [0.5, 0.6) is 0 Å². The highest BCUT2D eigenvalue weighted by molar-refractivity contribution is 5.97. The molecule has 2 amide bonds. The van der Waals surface area contributed by atoms with E-state index < -0.39 is 5.60 Å². The van der Waals surface area contributed by atoms with Crippen molar-refractivity contribution in [1.29, 1.82) is 5.26 Å². The van der Waals surface area contributed by atoms with Crippen LogP contribution in [0.1, 0.15) is 85.7 Å². The van der Waals surface area contributed by atoms with Gasteiger partial charge in [0, 0.05) is 75.7 Å². The van der Waals surface area contributed by atoms with Gasteiger partial charge in [-0.3, -0.25) is 9.69 Å². The maximum Gasteiger partial charge on any atom is 0.410 e. The maximum atomic E-state index is 13.3. The van der Waals surface area contributed by atoms with Gasteiger partial charge in [0.15, 0.2) is 0 Å². The van der Waals surface area contributed by atoms with Crippen LogP contribution in [-0.4, -0.2) is 77.6 Å². The van der Waals surface area contributed by atoms with Crippen molar-refractivity contribution in [3.8, 4) is 6.07 Å². The summed E-state index contributed by atoms with van der Waals surface area (Å²) in [7, 11) is 0. The molecule has 7 heteroatoms. The van der Waals surface area contributed by atoms with Gasteiger partial charge >= 0.3 is 6.09 Å². The lowest BCUT2D eigenvalue weighted by Crippen LogP contribution is -2.61. The second-order valence-corrected chi connectivity index (χ2v) is 12.6. The van der Waals surface area contributed by atoms with Gasteiger partial charge in [-0.25, -0.2) is 4.79 Å². The van der Waals surface area contributed by atoms with Gasteiger partial charge in [-0.1, -0.05) is 43.5 Å². The van der Waals surface area contributed by atoms with E-state index in [0.29, 0.717) is 12.0 Å². The van der Waals surface area contributed by atoms with Crippen molar-refractivity contribution >= 4 is 12.0 Å². The molecule has 3 saturated heterocycles. The highest BCUT2D eigenvalue weighted by Crippen LogP contribution is 2.42. The Balaban J connectivity index is 1.18. The number of nitrogens with zero attached hydrogens (tertiary/aromatic N) is 4. The average Bonchev–Trinajstić information content (AvgIpc) is 2.96. The SMILES string of the molecule is Cc1cccc(C)c1C(=O)N1CCC(N2CCC3(CC2)OC(=O)N(CC2CCCCC2)CC3CC=CC#N)CC1. The Labute approximate surface area is 240 Å². The van der Waals surface area contributed by atoms with Gasteiger partial charge in [0.2, 0.25) is 0 Å². The Hall–Kier alpha value is -2.85. The first-order valence-corrected chi connectivity index (χ1v) is 15.5. The number of benzene rings is 1. The number of aryl methyl sites for hydroxylation is 2. The number of allylic oxidation sites excluding steroid dienone is 2. The van der Waals surface area contributed by atoms with Crippen LogP contribution in [0.3, 0.4) is 0 Å². The smallest absolute Gasteiger partial charge is 0.410 e. The molecule has 40 heavy (non-hydrogen) atoms. The van der Waals surface area contributed by atoms with Gasteiger partial charge in [0.05, 0.1) is 6.07 Å². The number of carbonyl (C=O) groups excluding carboxylic acids is 2. The van der Waals surface area contributed by atoms with Crippen LogP contribution >= 0.6 is 0 Å². The minimum Gasteiger partial charge on any atom is -0.442 e. The zero-order chi connectivity index (χ0) is 28.1. The quantitative estimate of drug-likeness (QED) is 0.418. The molecule has 4 fully saturated rings. The summed E-state index contributed by atoms with van der Waals surface area (Å²) in [4.78, 5) is 33.1. The van der Waals surface area contributed by atoms with Crippen molar-refractivity contribution in [2.75, 3.05) is 39.3 Å². The summed E-state index contributed by atoms with van der Waals surface area (Å²) < 4.78 is 6.36. The highest BCUT2D eigenvalue weighted by Gasteiger charge is 2.50. The van der Waals surface area contributed by atoms with Crippen LogP contribution in [0, 0.1) is 37.0 Å². The summed E-state index contributed by atoms with van der Waals surface area (Å²) in [5, 5.41) is 9.07. The summed E-state index contributed by atoms with van der Waals surface area (Å²) in [6.45, 7) is 8.95. The molecule has 0 bridgehead atoms. The molecule has 1 aliphatic carbocycles. The van der Waals surface area contributed by atoms with Crippen molar-refractivity contribution in [3.05, 3.63) is 47.0 Å². The molecule has 5 rings (SSSR count). The second kappa shape index (κ2) is 12.8. The molecule has 1 atom stereocenters. The minimum atomic E-state index is -0.449. The minimum absolute atomic E-state index is 0.141. The Morgan fingerprint density at radius 3 is 2.38 bits per heavy atom. The molecular weight excluding hydrogens is 500 g/mol. The number of nitriles is 1. The molecule has 0 N–H and O–H groups in total. The standard InChI is InChI=1S/C33H46N4O3/c1-25-9-8-10-26(2)30(25)31(38)36-19-14-29(15-20-36)35-21-16-33(17-22-35)28(13-6-7-18-34)24-37(32(39)40-33)23-27-11-4-3-5-12-27/h6-10,27-29H,3-5,11-17,19-24H2,1-2H3. The number of carbonyl (C=O) groups is 2. The summed E-state index contributed by atoms with van der Waals surface area (Å²) >= 11 is 0. The Morgan fingerprint density at radius 1 is 1.05 bits per heavy atom. The molecule has 1 aromatic carbocycles. The van der Waals surface area contributed by atoms with E-state index >= 15 is 0 Å². The summed E-state index contributed by atoms with van der Waals surface area (Å²) in [6.07, 6.45) is 14.0. The van der Waals surface area contributed by atoms with Crippen molar-refractivity contribution in [1.82, 2.24) is 14.7 Å². The fourth-order valence-electron chi connectivity index (χ4n) is 7.76. The van der Waals surface area contributed by atoms with Crippen molar-refractivity contribution < 1.29 is 14.3 Å². The van der Waals surface area contributed by atoms with Crippen LogP contribution < -0.4 is 0 Å². The second-order valence-electron chi connectivity index (χ2n) is 12.6. The van der Waals surface area contributed by atoms with Gasteiger partial charge in [0.1, 0.15) is 5.60 Å². The number of likely N-dealkylation sites (tertiary alicyclic amines) is 2. The van der Waals surface area contributed by atoms with Crippen molar-refractivity contribution in [3.63, 3.8) is 0 Å². The van der Waals surface area contributed by atoms with E-state index in [9.17, 15) is 9.59 Å². The monoisotopic (exact) mass is 546 g/mol. The fourth-order valence-corrected chi connectivity index (χ4v) is 7.76. The van der Waals surface area contributed by atoms with Gasteiger partial charge in [-0.15, -0.1) is 0 Å². The molecule has 4 aliphatic rings. The van der Waals surface area contributed by atoms with E-state index in [1.54, 1.807) is 6.08 Å². The lowest BCUT2D eigenvalue weighted by Gasteiger charge is -2.52. The van der Waals surface area contributed by atoms with E-state index in [1.807, 2.05) is 47.9 Å². The Kier molecular flexibility index (Phi) is 9.15. The first-order valence-electron chi connectivity index (χ1n) is 15.5. The topological polar surface area (TPSA) is 76.9 Å². The first kappa shape index (κ1) is 28.7. The average molecular weight is 547 g/mol. The number of amides is 2. The highest BCUT2D eigenvalue weighted by atomic mass is 16.6. The number of ether oxygens (including phenoxy) is 1. The third kappa shape index (κ3) is 6.22. The number of piperidine rings is 2. The maximum absolute atomic E-state index is 13.3. The molecule has 0 aromatic heterocycles. The molecule has 1 aromatic rings. The third-order valence-electron chi connectivity index (χ3n) is 10.2. The van der Waals surface area contributed by atoms with Crippen LogP contribution in [0.4, 0.5) is 4.79 Å². The number of hydrogen-bond acceptors (Lipinski definition) is 5. The first-order chi connectivity index (χ1) is 19.4. The van der Waals surface area contributed by atoms with Gasteiger partial charge in [-0.2, -0.15) is 5.26 Å². The largest absolute Gasteiger partial charge is 0.442 e. The van der Waals surface area contributed by atoms with E-state index in [4.69, 9.17) is 10.00 Å². The van der Waals surface area contributed by atoms with E-state index in [-0.39, 0.29) is 17.9 Å². The molecule has 1 unspecified atom stereocenters. The normalized spacial score (nSPS) is 24.8. The molecule has 1 spiro atoms. The number of rotatable bonds is 6. The lowest BCUT2D eigenvalue weighted by molar-refractivity contribution is -0.124. The molecule has 1 saturated carbocycles. The molecule has 7 nitrogen and oxygen atoms in total. The van der Waals surface area contributed by atoms with Gasteiger partial charge in [-0.05, 0) is 63.0 Å². The van der Waals surface area contributed by atoms with Gasteiger partial charge in [0.25, 0.3) is 5.91 Å². The zero-order valence-electron chi connectivity index (χ0n) is 24.4. The van der Waals surface area contributed by atoms with Crippen LogP contribution in [0.25, 0.3) is 0 Å². The molecule has 0 radical (unpaired) electrons. The summed E-state index contributed by atoms with van der Waals surface area (Å²) in [6, 6.07) is 8.64. The van der Waals surface area contributed by atoms with Crippen LogP contribution in [0.15, 0.2) is 30.4 Å². The predicted molar refractivity (Wildman–Crippen MR) is 156 cm³/mol. The van der Waals surface area contributed by atoms with E-state index in [2.05, 4.69) is 11.0 Å². The Bertz CT molecular complexity index is 1100. The summed E-state index contributed by atoms with van der Waals surface area (Å²) in [5.41, 5.74) is 2.50. The van der Waals surface area contributed by atoms with E-state index in [0.717, 1.165) is 88.1 Å². The predicted octanol–water partition coefficient (Wildman–Crippen LogP) is 5.86. The molecular formula is C33H46N4O3. The van der Waals surface area contributed by atoms with Crippen molar-refractivity contribution in [2.24, 2.45) is 11.8 Å². The third-order valence-corrected chi connectivity index (χ3v) is 10.2.